The molecule has 0 radical (unpaired) electrons. The van der Waals surface area contributed by atoms with Gasteiger partial charge in [0.05, 0.1) is 12.5 Å². The fraction of sp³-hybridized carbons (Fsp3) is 0.429. The molecule has 106 valence electrons. The molecule has 20 heavy (non-hydrogen) atoms. The second kappa shape index (κ2) is 5.03. The number of carbonyl (C=O) groups is 2. The largest absolute Gasteiger partial charge is 0.466 e. The Morgan fingerprint density at radius 3 is 3.00 bits per heavy atom. The van der Waals surface area contributed by atoms with Gasteiger partial charge in [-0.15, -0.1) is 0 Å². The summed E-state index contributed by atoms with van der Waals surface area (Å²) >= 11 is 0. The van der Waals surface area contributed by atoms with Crippen molar-refractivity contribution in [1.82, 2.24) is 0 Å². The maximum Gasteiger partial charge on any atom is 0.311 e. The molecule has 1 aromatic carbocycles. The number of ether oxygens (including phenoxy) is 3. The number of esters is 1. The summed E-state index contributed by atoms with van der Waals surface area (Å²) in [7, 11) is 0. The number of carbonyl (C=O) groups excluding carboxylic acids is 2. The maximum atomic E-state index is 12.0. The molecule has 0 aromatic heterocycles. The van der Waals surface area contributed by atoms with Crippen LogP contribution in [0.2, 0.25) is 0 Å². The third-order valence-electron chi connectivity index (χ3n) is 3.41. The van der Waals surface area contributed by atoms with Gasteiger partial charge in [0.1, 0.15) is 0 Å². The SMILES string of the molecule is CCOC(=O)[C@H]1CC(=O)N(c2ccc3c(c2)OCO3)C1. The molecule has 6 heteroatoms. The summed E-state index contributed by atoms with van der Waals surface area (Å²) in [6, 6.07) is 5.31. The van der Waals surface area contributed by atoms with E-state index in [2.05, 4.69) is 0 Å². The third-order valence-corrected chi connectivity index (χ3v) is 3.41. The molecule has 0 aliphatic carbocycles. The van der Waals surface area contributed by atoms with Crippen LogP contribution in [0.15, 0.2) is 18.2 Å². The summed E-state index contributed by atoms with van der Waals surface area (Å²) in [6.45, 7) is 2.62. The first-order chi connectivity index (χ1) is 9.69. The molecule has 3 rings (SSSR count). The van der Waals surface area contributed by atoms with Crippen molar-refractivity contribution in [3.63, 3.8) is 0 Å². The molecule has 0 saturated carbocycles. The van der Waals surface area contributed by atoms with Crippen LogP contribution in [-0.4, -0.2) is 31.8 Å². The van der Waals surface area contributed by atoms with E-state index in [-0.39, 0.29) is 25.1 Å². The normalized spacial score (nSPS) is 20.4. The number of benzene rings is 1. The van der Waals surface area contributed by atoms with Crippen molar-refractivity contribution in [2.24, 2.45) is 5.92 Å². The molecular weight excluding hydrogens is 262 g/mol. The number of anilines is 1. The molecule has 0 N–H and O–H groups in total. The fourth-order valence-electron chi connectivity index (χ4n) is 2.43. The minimum absolute atomic E-state index is 0.0816. The lowest BCUT2D eigenvalue weighted by Crippen LogP contribution is -2.26. The van der Waals surface area contributed by atoms with Crippen molar-refractivity contribution in [3.05, 3.63) is 18.2 Å². The molecule has 1 amide bonds. The van der Waals surface area contributed by atoms with Crippen LogP contribution in [0.4, 0.5) is 5.69 Å². The molecular formula is C14H15NO5. The standard InChI is InChI=1S/C14H15NO5/c1-2-18-14(17)9-5-13(16)15(7-9)10-3-4-11-12(6-10)20-8-19-11/h3-4,6,9H,2,5,7-8H2,1H3/t9-/m0/s1. The summed E-state index contributed by atoms with van der Waals surface area (Å²) in [5.41, 5.74) is 0.714. The summed E-state index contributed by atoms with van der Waals surface area (Å²) in [6.07, 6.45) is 0.188. The number of rotatable bonds is 3. The molecule has 1 fully saturated rings. The average Bonchev–Trinajstić information content (AvgIpc) is 3.04. The Morgan fingerprint density at radius 2 is 2.20 bits per heavy atom. The van der Waals surface area contributed by atoms with Gasteiger partial charge in [-0.1, -0.05) is 0 Å². The minimum Gasteiger partial charge on any atom is -0.466 e. The van der Waals surface area contributed by atoms with E-state index in [4.69, 9.17) is 14.2 Å². The van der Waals surface area contributed by atoms with Crippen LogP contribution in [0.1, 0.15) is 13.3 Å². The molecule has 0 bridgehead atoms. The summed E-state index contributed by atoms with van der Waals surface area (Å²) in [5.74, 6) is 0.496. The molecule has 1 saturated heterocycles. The lowest BCUT2D eigenvalue weighted by Gasteiger charge is -2.16. The van der Waals surface area contributed by atoms with Crippen LogP contribution in [-0.2, 0) is 14.3 Å². The second-order valence-electron chi connectivity index (χ2n) is 4.70. The second-order valence-corrected chi connectivity index (χ2v) is 4.70. The highest BCUT2D eigenvalue weighted by molar-refractivity contribution is 5.99. The number of nitrogens with zero attached hydrogens (tertiary/aromatic N) is 1. The highest BCUT2D eigenvalue weighted by Crippen LogP contribution is 2.37. The van der Waals surface area contributed by atoms with Crippen LogP contribution in [0.5, 0.6) is 11.5 Å². The van der Waals surface area contributed by atoms with E-state index in [0.29, 0.717) is 30.3 Å². The highest BCUT2D eigenvalue weighted by Gasteiger charge is 2.36. The van der Waals surface area contributed by atoms with E-state index in [1.54, 1.807) is 30.0 Å². The zero-order valence-corrected chi connectivity index (χ0v) is 11.1. The van der Waals surface area contributed by atoms with E-state index in [9.17, 15) is 9.59 Å². The van der Waals surface area contributed by atoms with Gasteiger partial charge in [0.25, 0.3) is 0 Å². The van der Waals surface area contributed by atoms with E-state index < -0.39 is 5.92 Å². The van der Waals surface area contributed by atoms with Crippen molar-refractivity contribution in [2.45, 2.75) is 13.3 Å². The first kappa shape index (κ1) is 12.8. The lowest BCUT2D eigenvalue weighted by molar-refractivity contribution is -0.147. The maximum absolute atomic E-state index is 12.0. The monoisotopic (exact) mass is 277 g/mol. The van der Waals surface area contributed by atoms with Crippen LogP contribution in [0.25, 0.3) is 0 Å². The molecule has 2 heterocycles. The quantitative estimate of drug-likeness (QED) is 0.780. The van der Waals surface area contributed by atoms with E-state index >= 15 is 0 Å². The number of hydrogen-bond acceptors (Lipinski definition) is 5. The van der Waals surface area contributed by atoms with Gasteiger partial charge in [-0.05, 0) is 19.1 Å². The van der Waals surface area contributed by atoms with Gasteiger partial charge in [-0.25, -0.2) is 0 Å². The van der Waals surface area contributed by atoms with Gasteiger partial charge in [-0.3, -0.25) is 9.59 Å². The molecule has 0 spiro atoms. The minimum atomic E-state index is -0.395. The molecule has 1 aromatic rings. The first-order valence-corrected chi connectivity index (χ1v) is 6.55. The van der Waals surface area contributed by atoms with Gasteiger partial charge in [0.15, 0.2) is 11.5 Å². The van der Waals surface area contributed by atoms with E-state index in [1.165, 1.54) is 0 Å². The Labute approximate surface area is 116 Å². The molecule has 1 atom stereocenters. The molecule has 6 nitrogen and oxygen atoms in total. The van der Waals surface area contributed by atoms with Crippen molar-refractivity contribution >= 4 is 17.6 Å². The van der Waals surface area contributed by atoms with Crippen molar-refractivity contribution in [3.8, 4) is 11.5 Å². The van der Waals surface area contributed by atoms with Crippen molar-refractivity contribution in [1.29, 1.82) is 0 Å². The first-order valence-electron chi connectivity index (χ1n) is 6.55. The van der Waals surface area contributed by atoms with Gasteiger partial charge in [0, 0.05) is 24.7 Å². The van der Waals surface area contributed by atoms with Gasteiger partial charge < -0.3 is 19.1 Å². The topological polar surface area (TPSA) is 65.1 Å². The van der Waals surface area contributed by atoms with E-state index in [1.807, 2.05) is 0 Å². The van der Waals surface area contributed by atoms with Crippen molar-refractivity contribution in [2.75, 3.05) is 24.8 Å². The Hall–Kier alpha value is -2.24. The average molecular weight is 277 g/mol. The predicted molar refractivity (Wildman–Crippen MR) is 69.7 cm³/mol. The fourth-order valence-corrected chi connectivity index (χ4v) is 2.43. The number of amides is 1. The van der Waals surface area contributed by atoms with Crippen LogP contribution < -0.4 is 14.4 Å². The van der Waals surface area contributed by atoms with Crippen LogP contribution in [0.3, 0.4) is 0 Å². The third kappa shape index (κ3) is 2.17. The molecule has 2 aliphatic heterocycles. The van der Waals surface area contributed by atoms with Gasteiger partial charge in [0.2, 0.25) is 12.7 Å². The smallest absolute Gasteiger partial charge is 0.311 e. The highest BCUT2D eigenvalue weighted by atomic mass is 16.7. The van der Waals surface area contributed by atoms with Crippen LogP contribution in [0, 0.1) is 5.92 Å². The predicted octanol–water partition coefficient (Wildman–Crippen LogP) is 1.33. The Morgan fingerprint density at radius 1 is 1.40 bits per heavy atom. The lowest BCUT2D eigenvalue weighted by atomic mass is 10.1. The van der Waals surface area contributed by atoms with Gasteiger partial charge >= 0.3 is 5.97 Å². The Kier molecular flexibility index (Phi) is 3.22. The van der Waals surface area contributed by atoms with Crippen molar-refractivity contribution < 1.29 is 23.8 Å². The summed E-state index contributed by atoms with van der Waals surface area (Å²) in [4.78, 5) is 25.3. The summed E-state index contributed by atoms with van der Waals surface area (Å²) in [5, 5.41) is 0. The zero-order valence-electron chi connectivity index (χ0n) is 11.1. The Bertz CT molecular complexity index is 556. The van der Waals surface area contributed by atoms with E-state index in [0.717, 1.165) is 0 Å². The number of hydrogen-bond donors (Lipinski definition) is 0. The number of fused-ring (bicyclic) bond motifs is 1. The summed E-state index contributed by atoms with van der Waals surface area (Å²) < 4.78 is 15.5. The zero-order chi connectivity index (χ0) is 14.1. The van der Waals surface area contributed by atoms with Gasteiger partial charge in [-0.2, -0.15) is 0 Å². The van der Waals surface area contributed by atoms with Crippen LogP contribution >= 0.6 is 0 Å². The Balaban J connectivity index is 1.77. The molecule has 0 unspecified atom stereocenters. The molecule has 2 aliphatic rings.